The molecule has 289 valence electrons. The Morgan fingerprint density at radius 3 is 1.48 bits per heavy atom. The maximum atomic E-state index is 4.77. The van der Waals surface area contributed by atoms with E-state index in [1.807, 2.05) is 24.3 Å². The first-order valence-corrected chi connectivity index (χ1v) is 20.4. The van der Waals surface area contributed by atoms with Crippen molar-refractivity contribution >= 4 is 21.8 Å². The Balaban J connectivity index is 0.000000157. The van der Waals surface area contributed by atoms with Crippen LogP contribution >= 0.6 is 0 Å². The first-order chi connectivity index (χ1) is 27.3. The summed E-state index contributed by atoms with van der Waals surface area (Å²) in [5.74, 6) is 0. The molecule has 1 aromatic heterocycles. The number of fused-ring (bicyclic) bond motifs is 3. The van der Waals surface area contributed by atoms with E-state index in [2.05, 4.69) is 149 Å². The quantitative estimate of drug-likeness (QED) is 0.155. The summed E-state index contributed by atoms with van der Waals surface area (Å²) in [7, 11) is 0. The number of hydrogen-bond acceptors (Lipinski definition) is 0. The molecular formula is C51H50IrN4-6. The van der Waals surface area contributed by atoms with Crippen LogP contribution in [0.25, 0.3) is 54.6 Å². The summed E-state index contributed by atoms with van der Waals surface area (Å²) in [6, 6.07) is 60.2. The summed E-state index contributed by atoms with van der Waals surface area (Å²) in [4.78, 5) is 0. The largest absolute Gasteiger partial charge is 0.657 e. The van der Waals surface area contributed by atoms with E-state index < -0.39 is 0 Å². The van der Waals surface area contributed by atoms with Gasteiger partial charge in [-0.3, -0.25) is 0 Å². The topological polar surface area (TPSA) is 47.2 Å². The molecule has 4 nitrogen and oxygen atoms in total. The summed E-state index contributed by atoms with van der Waals surface area (Å²) in [5.41, 5.74) is 9.85. The van der Waals surface area contributed by atoms with Crippen molar-refractivity contribution in [3.63, 3.8) is 0 Å². The van der Waals surface area contributed by atoms with E-state index in [4.69, 9.17) is 5.32 Å². The van der Waals surface area contributed by atoms with Crippen molar-refractivity contribution in [1.29, 1.82) is 0 Å². The van der Waals surface area contributed by atoms with Gasteiger partial charge in [0, 0.05) is 36.6 Å². The number of para-hydroxylation sites is 2. The van der Waals surface area contributed by atoms with E-state index in [9.17, 15) is 0 Å². The van der Waals surface area contributed by atoms with E-state index in [1.54, 1.807) is 0 Å². The van der Waals surface area contributed by atoms with Crippen molar-refractivity contribution in [3.8, 4) is 16.8 Å². The molecule has 56 heavy (non-hydrogen) atoms. The van der Waals surface area contributed by atoms with Crippen LogP contribution in [0, 0.1) is 18.2 Å². The molecule has 4 heterocycles. The van der Waals surface area contributed by atoms with Crippen molar-refractivity contribution in [1.82, 2.24) is 4.57 Å². The molecule has 3 unspecified atom stereocenters. The Kier molecular flexibility index (Phi) is 14.4. The van der Waals surface area contributed by atoms with Gasteiger partial charge >= 0.3 is 0 Å². The molecule has 0 aliphatic carbocycles. The Bertz CT molecular complexity index is 2140. The monoisotopic (exact) mass is 911 g/mol. The second kappa shape index (κ2) is 20.2. The molecule has 1 radical (unpaired) electrons. The minimum atomic E-state index is 0. The Labute approximate surface area is 347 Å². The standard InChI is InChI=1S/C29H24N2.2C11H13N.Ir/c1-2-8-24(9-3-1)31-28-12-5-4-10-25(28)26-20-23(17-18-29(26)31)21-13-15-22(16-14-21)27-11-6-7-19-30-27;2*1-2-6-10(7-3-1)11-8-4-5-9-12-11;/h1-5,8-10,12-15,17-18,20,27H,6-7,11,19H2;2*1-3,6,11H,4-5,8-9H2;/q3*-2;. The maximum absolute atomic E-state index is 4.77. The summed E-state index contributed by atoms with van der Waals surface area (Å²) in [6.45, 7) is 3.06. The van der Waals surface area contributed by atoms with Crippen molar-refractivity contribution in [2.45, 2.75) is 75.9 Å². The summed E-state index contributed by atoms with van der Waals surface area (Å²) >= 11 is 0. The van der Waals surface area contributed by atoms with Crippen molar-refractivity contribution in [2.75, 3.05) is 19.6 Å². The van der Waals surface area contributed by atoms with Gasteiger partial charge in [0.15, 0.2) is 0 Å². The van der Waals surface area contributed by atoms with Crippen LogP contribution in [-0.2, 0) is 20.1 Å². The maximum Gasteiger partial charge on any atom is 0.0541 e. The SMILES string of the molecule is [Ir].[c-]1cc(-c2ccc3c(c2)c2ccccc2n3-c2ccccc2)ccc1C1CCCC[N-]1.[c-]1ccccc1C1CCCC[N-]1.[c-]1ccccc1C1CCCC[N-]1. The van der Waals surface area contributed by atoms with Gasteiger partial charge in [0.05, 0.1) is 11.0 Å². The zero-order chi connectivity index (χ0) is 37.1. The van der Waals surface area contributed by atoms with Crippen molar-refractivity contribution in [3.05, 3.63) is 190 Å². The van der Waals surface area contributed by atoms with Crippen molar-refractivity contribution < 1.29 is 20.1 Å². The predicted octanol–water partition coefficient (Wildman–Crippen LogP) is 14.0. The van der Waals surface area contributed by atoms with E-state index in [1.165, 1.54) is 107 Å². The summed E-state index contributed by atoms with van der Waals surface area (Å²) in [5, 5.41) is 16.5. The van der Waals surface area contributed by atoms with Gasteiger partial charge < -0.3 is 20.5 Å². The molecule has 3 aliphatic rings. The van der Waals surface area contributed by atoms with Gasteiger partial charge in [0.1, 0.15) is 0 Å². The molecule has 0 amide bonds. The zero-order valence-corrected chi connectivity index (χ0v) is 34.5. The first-order valence-electron chi connectivity index (χ1n) is 20.4. The fraction of sp³-hybridized carbons (Fsp3) is 0.294. The van der Waals surface area contributed by atoms with Gasteiger partial charge in [-0.15, -0.1) is 43.3 Å². The smallest absolute Gasteiger partial charge is 0.0541 e. The van der Waals surface area contributed by atoms with Gasteiger partial charge in [-0.25, -0.2) is 0 Å². The number of piperidine rings is 3. The molecule has 3 saturated heterocycles. The molecule has 10 rings (SSSR count). The average molecular weight is 911 g/mol. The number of aromatic nitrogens is 1. The van der Waals surface area contributed by atoms with Gasteiger partial charge in [0.25, 0.3) is 0 Å². The number of benzene rings is 6. The van der Waals surface area contributed by atoms with Crippen LogP contribution in [0.2, 0.25) is 0 Å². The van der Waals surface area contributed by atoms with Crippen LogP contribution in [0.15, 0.2) is 140 Å². The second-order valence-electron chi connectivity index (χ2n) is 14.8. The molecule has 6 aromatic carbocycles. The van der Waals surface area contributed by atoms with Crippen LogP contribution in [0.3, 0.4) is 0 Å². The van der Waals surface area contributed by atoms with Crippen molar-refractivity contribution in [2.24, 2.45) is 0 Å². The molecule has 5 heteroatoms. The Morgan fingerprint density at radius 1 is 0.446 bits per heavy atom. The van der Waals surface area contributed by atoms with Gasteiger partial charge in [-0.1, -0.05) is 112 Å². The number of rotatable bonds is 5. The molecular weight excluding hydrogens is 861 g/mol. The van der Waals surface area contributed by atoms with Gasteiger partial charge in [-0.2, -0.15) is 102 Å². The second-order valence-corrected chi connectivity index (χ2v) is 14.8. The van der Waals surface area contributed by atoms with Gasteiger partial charge in [-0.05, 0) is 24.3 Å². The third-order valence-electron chi connectivity index (χ3n) is 11.1. The van der Waals surface area contributed by atoms with E-state index in [-0.39, 0.29) is 20.1 Å². The molecule has 0 bridgehead atoms. The van der Waals surface area contributed by atoms with Crippen LogP contribution < -0.4 is 0 Å². The third kappa shape index (κ3) is 9.77. The summed E-state index contributed by atoms with van der Waals surface area (Å²) in [6.07, 6.45) is 11.2. The molecule has 3 aliphatic heterocycles. The van der Waals surface area contributed by atoms with Crippen LogP contribution in [-0.4, -0.2) is 24.2 Å². The molecule has 0 N–H and O–H groups in total. The summed E-state index contributed by atoms with van der Waals surface area (Å²) < 4.78 is 2.36. The number of nitrogens with zero attached hydrogens (tertiary/aromatic N) is 4. The van der Waals surface area contributed by atoms with E-state index in [0.29, 0.717) is 18.1 Å². The van der Waals surface area contributed by atoms with Crippen LogP contribution in [0.1, 0.15) is 92.6 Å². The average Bonchev–Trinajstić information content (AvgIpc) is 3.62. The Morgan fingerprint density at radius 2 is 0.964 bits per heavy atom. The third-order valence-corrected chi connectivity index (χ3v) is 11.1. The number of hydrogen-bond donors (Lipinski definition) is 0. The predicted molar refractivity (Wildman–Crippen MR) is 230 cm³/mol. The zero-order valence-electron chi connectivity index (χ0n) is 32.1. The molecule has 3 fully saturated rings. The normalized spacial score (nSPS) is 19.5. The molecule has 0 spiro atoms. The minimum Gasteiger partial charge on any atom is -0.657 e. The Hall–Kier alpha value is -4.35. The first kappa shape index (κ1) is 39.9. The minimum absolute atomic E-state index is 0. The molecule has 0 saturated carbocycles. The fourth-order valence-electron chi connectivity index (χ4n) is 8.19. The fourth-order valence-corrected chi connectivity index (χ4v) is 8.19. The van der Waals surface area contributed by atoms with Gasteiger partial charge in [0.2, 0.25) is 0 Å². The van der Waals surface area contributed by atoms with E-state index >= 15 is 0 Å². The van der Waals surface area contributed by atoms with E-state index in [0.717, 1.165) is 26.1 Å². The molecule has 3 atom stereocenters. The molecule has 7 aromatic rings. The van der Waals surface area contributed by atoms with Crippen LogP contribution in [0.4, 0.5) is 0 Å². The van der Waals surface area contributed by atoms with Crippen LogP contribution in [0.5, 0.6) is 0 Å².